The second-order valence-electron chi connectivity index (χ2n) is 6.71. The summed E-state index contributed by atoms with van der Waals surface area (Å²) in [5, 5.41) is 10.7. The number of piperazine rings is 1. The highest BCUT2D eigenvalue weighted by Crippen LogP contribution is 2.15. The molecule has 0 bridgehead atoms. The van der Waals surface area contributed by atoms with Gasteiger partial charge in [0, 0.05) is 68.4 Å². The standard InChI is InChI=1S/C19H24N4O3/c1-15-3-4-16(2)22(15)14-11-20-9-12-21(13-10-20)19(24)17-5-7-18(8-6-17)23(25)26/h3-8H,9-14H2,1-2H3. The van der Waals surface area contributed by atoms with Crippen molar-refractivity contribution in [3.8, 4) is 0 Å². The van der Waals surface area contributed by atoms with Gasteiger partial charge in [-0.15, -0.1) is 0 Å². The smallest absolute Gasteiger partial charge is 0.269 e. The Hall–Kier alpha value is -2.67. The van der Waals surface area contributed by atoms with Gasteiger partial charge in [0.15, 0.2) is 0 Å². The van der Waals surface area contributed by atoms with Crippen LogP contribution in [0, 0.1) is 24.0 Å². The Morgan fingerprint density at radius 2 is 1.54 bits per heavy atom. The van der Waals surface area contributed by atoms with Gasteiger partial charge >= 0.3 is 0 Å². The van der Waals surface area contributed by atoms with Crippen LogP contribution in [0.4, 0.5) is 5.69 Å². The lowest BCUT2D eigenvalue weighted by atomic mass is 10.1. The van der Waals surface area contributed by atoms with Gasteiger partial charge < -0.3 is 9.47 Å². The van der Waals surface area contributed by atoms with E-state index in [2.05, 4.69) is 35.4 Å². The first-order chi connectivity index (χ1) is 12.5. The van der Waals surface area contributed by atoms with Crippen LogP contribution in [-0.4, -0.2) is 57.9 Å². The first-order valence-electron chi connectivity index (χ1n) is 8.84. The third-order valence-electron chi connectivity index (χ3n) is 5.04. The van der Waals surface area contributed by atoms with Crippen LogP contribution >= 0.6 is 0 Å². The molecule has 0 radical (unpaired) electrons. The van der Waals surface area contributed by atoms with Crippen LogP contribution < -0.4 is 0 Å². The van der Waals surface area contributed by atoms with Crippen LogP contribution in [-0.2, 0) is 6.54 Å². The van der Waals surface area contributed by atoms with E-state index in [-0.39, 0.29) is 11.6 Å². The zero-order valence-electron chi connectivity index (χ0n) is 15.2. The zero-order chi connectivity index (χ0) is 18.7. The van der Waals surface area contributed by atoms with Crippen molar-refractivity contribution < 1.29 is 9.72 Å². The fourth-order valence-electron chi connectivity index (χ4n) is 3.38. The monoisotopic (exact) mass is 356 g/mol. The van der Waals surface area contributed by atoms with Crippen molar-refractivity contribution in [2.45, 2.75) is 20.4 Å². The van der Waals surface area contributed by atoms with Gasteiger partial charge in [0.25, 0.3) is 11.6 Å². The number of rotatable bonds is 5. The molecule has 2 aromatic rings. The van der Waals surface area contributed by atoms with E-state index < -0.39 is 4.92 Å². The second-order valence-corrected chi connectivity index (χ2v) is 6.71. The molecule has 0 spiro atoms. The van der Waals surface area contributed by atoms with E-state index in [9.17, 15) is 14.9 Å². The normalized spacial score (nSPS) is 15.2. The number of non-ortho nitro benzene ring substituents is 1. The quantitative estimate of drug-likeness (QED) is 0.609. The Bertz CT molecular complexity index is 770. The Morgan fingerprint density at radius 3 is 2.08 bits per heavy atom. The van der Waals surface area contributed by atoms with Crippen LogP contribution in [0.3, 0.4) is 0 Å². The maximum atomic E-state index is 12.6. The lowest BCUT2D eigenvalue weighted by molar-refractivity contribution is -0.384. The Balaban J connectivity index is 1.51. The Kier molecular flexibility index (Phi) is 5.37. The van der Waals surface area contributed by atoms with E-state index in [1.54, 1.807) is 0 Å². The van der Waals surface area contributed by atoms with E-state index in [0.29, 0.717) is 18.7 Å². The van der Waals surface area contributed by atoms with Crippen LogP contribution in [0.15, 0.2) is 36.4 Å². The van der Waals surface area contributed by atoms with Gasteiger partial charge in [-0.2, -0.15) is 0 Å². The van der Waals surface area contributed by atoms with Crippen molar-refractivity contribution in [2.24, 2.45) is 0 Å². The van der Waals surface area contributed by atoms with Crippen molar-refractivity contribution in [3.05, 3.63) is 63.5 Å². The summed E-state index contributed by atoms with van der Waals surface area (Å²) in [4.78, 5) is 27.0. The second kappa shape index (κ2) is 7.70. The molecule has 0 saturated carbocycles. The van der Waals surface area contributed by atoms with E-state index in [1.165, 1.54) is 35.7 Å². The molecule has 1 aliphatic rings. The average molecular weight is 356 g/mol. The van der Waals surface area contributed by atoms with Crippen molar-refractivity contribution >= 4 is 11.6 Å². The van der Waals surface area contributed by atoms with E-state index in [4.69, 9.17) is 0 Å². The van der Waals surface area contributed by atoms with E-state index in [1.807, 2.05) is 4.90 Å². The predicted molar refractivity (Wildman–Crippen MR) is 99.3 cm³/mol. The summed E-state index contributed by atoms with van der Waals surface area (Å²) in [5.74, 6) is -0.0587. The number of aryl methyl sites for hydroxylation is 2. The van der Waals surface area contributed by atoms with Crippen LogP contribution in [0.1, 0.15) is 21.7 Å². The molecule has 1 amide bonds. The molecule has 138 valence electrons. The number of carbonyl (C=O) groups is 1. The maximum absolute atomic E-state index is 12.6. The fourth-order valence-corrected chi connectivity index (χ4v) is 3.38. The first kappa shape index (κ1) is 18.1. The largest absolute Gasteiger partial charge is 0.348 e. The highest BCUT2D eigenvalue weighted by Gasteiger charge is 2.22. The summed E-state index contributed by atoms with van der Waals surface area (Å²) in [6.45, 7) is 9.22. The van der Waals surface area contributed by atoms with Gasteiger partial charge in [-0.1, -0.05) is 0 Å². The summed E-state index contributed by atoms with van der Waals surface area (Å²) in [6, 6.07) is 10.1. The fraction of sp³-hybridized carbons (Fsp3) is 0.421. The number of hydrogen-bond acceptors (Lipinski definition) is 4. The molecule has 0 N–H and O–H groups in total. The molecule has 0 atom stereocenters. The number of carbonyl (C=O) groups excluding carboxylic acids is 1. The number of amides is 1. The molecule has 1 aromatic heterocycles. The molecule has 26 heavy (non-hydrogen) atoms. The van der Waals surface area contributed by atoms with Crippen LogP contribution in [0.25, 0.3) is 0 Å². The molecular weight excluding hydrogens is 332 g/mol. The SMILES string of the molecule is Cc1ccc(C)n1CCN1CCN(C(=O)c2ccc([N+](=O)[O-])cc2)CC1. The van der Waals surface area contributed by atoms with Crippen molar-refractivity contribution in [1.29, 1.82) is 0 Å². The summed E-state index contributed by atoms with van der Waals surface area (Å²) in [6.07, 6.45) is 0. The van der Waals surface area contributed by atoms with Crippen molar-refractivity contribution in [1.82, 2.24) is 14.4 Å². The maximum Gasteiger partial charge on any atom is 0.269 e. The third-order valence-corrected chi connectivity index (χ3v) is 5.04. The van der Waals surface area contributed by atoms with Gasteiger partial charge in [0.1, 0.15) is 0 Å². The Labute approximate surface area is 153 Å². The third kappa shape index (κ3) is 3.94. The summed E-state index contributed by atoms with van der Waals surface area (Å²) in [7, 11) is 0. The zero-order valence-corrected chi connectivity index (χ0v) is 15.2. The molecule has 0 unspecified atom stereocenters. The van der Waals surface area contributed by atoms with Gasteiger partial charge in [0.2, 0.25) is 0 Å². The van der Waals surface area contributed by atoms with Gasteiger partial charge in [0.05, 0.1) is 4.92 Å². The first-order valence-corrected chi connectivity index (χ1v) is 8.84. The highest BCUT2D eigenvalue weighted by atomic mass is 16.6. The lowest BCUT2D eigenvalue weighted by Gasteiger charge is -2.35. The lowest BCUT2D eigenvalue weighted by Crippen LogP contribution is -2.49. The number of hydrogen-bond donors (Lipinski definition) is 0. The van der Waals surface area contributed by atoms with Crippen molar-refractivity contribution in [3.63, 3.8) is 0 Å². The summed E-state index contributed by atoms with van der Waals surface area (Å²) in [5.41, 5.74) is 3.05. The minimum atomic E-state index is -0.457. The molecule has 3 rings (SSSR count). The minimum Gasteiger partial charge on any atom is -0.348 e. The number of benzene rings is 1. The summed E-state index contributed by atoms with van der Waals surface area (Å²) >= 11 is 0. The molecule has 1 saturated heterocycles. The number of nitrogens with zero attached hydrogens (tertiary/aromatic N) is 4. The molecule has 0 aliphatic carbocycles. The van der Waals surface area contributed by atoms with Gasteiger partial charge in [-0.05, 0) is 38.1 Å². The molecule has 1 aliphatic heterocycles. The van der Waals surface area contributed by atoms with E-state index in [0.717, 1.165) is 26.2 Å². The molecule has 1 fully saturated rings. The molecular formula is C19H24N4O3. The Morgan fingerprint density at radius 1 is 0.962 bits per heavy atom. The predicted octanol–water partition coefficient (Wildman–Crippen LogP) is 2.47. The topological polar surface area (TPSA) is 71.6 Å². The van der Waals surface area contributed by atoms with Crippen LogP contribution in [0.5, 0.6) is 0 Å². The van der Waals surface area contributed by atoms with E-state index >= 15 is 0 Å². The summed E-state index contributed by atoms with van der Waals surface area (Å²) < 4.78 is 2.31. The van der Waals surface area contributed by atoms with Gasteiger partial charge in [-0.25, -0.2) is 0 Å². The number of nitro groups is 1. The highest BCUT2D eigenvalue weighted by molar-refractivity contribution is 5.94. The number of nitro benzene ring substituents is 1. The van der Waals surface area contributed by atoms with Crippen molar-refractivity contribution in [2.75, 3.05) is 32.7 Å². The van der Waals surface area contributed by atoms with Crippen LogP contribution in [0.2, 0.25) is 0 Å². The molecule has 2 heterocycles. The molecule has 1 aromatic carbocycles. The minimum absolute atomic E-state index is 0.00182. The van der Waals surface area contributed by atoms with Gasteiger partial charge in [-0.3, -0.25) is 19.8 Å². The number of aromatic nitrogens is 1. The molecule has 7 nitrogen and oxygen atoms in total. The average Bonchev–Trinajstić information content (AvgIpc) is 2.98. The molecule has 7 heteroatoms.